The van der Waals surface area contributed by atoms with Gasteiger partial charge in [0.2, 0.25) is 10.0 Å². The summed E-state index contributed by atoms with van der Waals surface area (Å²) in [6.07, 6.45) is 2.20. The molecular weight excluding hydrogens is 424 g/mol. The van der Waals surface area contributed by atoms with Crippen LogP contribution in [0.15, 0.2) is 41.3 Å². The first-order valence-corrected chi connectivity index (χ1v) is 11.6. The fraction of sp³-hybridized carbons (Fsp3) is 0.333. The Balaban J connectivity index is 1.67. The highest BCUT2D eigenvalue weighted by Crippen LogP contribution is 2.29. The number of aryl methyl sites for hydroxylation is 1. The molecule has 1 aromatic heterocycles. The van der Waals surface area contributed by atoms with E-state index in [0.29, 0.717) is 16.6 Å². The molecule has 0 unspecified atom stereocenters. The summed E-state index contributed by atoms with van der Waals surface area (Å²) in [6, 6.07) is 10.5. The quantitative estimate of drug-likeness (QED) is 0.621. The minimum atomic E-state index is -3.81. The summed E-state index contributed by atoms with van der Waals surface area (Å²) in [5.74, 6) is 1.49. The lowest BCUT2D eigenvalue weighted by Gasteiger charge is -2.19. The van der Waals surface area contributed by atoms with E-state index < -0.39 is 10.0 Å². The Morgan fingerprint density at radius 2 is 1.90 bits per heavy atom. The van der Waals surface area contributed by atoms with Crippen molar-refractivity contribution in [3.05, 3.63) is 52.8 Å². The number of rotatable bonds is 6. The molecule has 158 valence electrons. The zero-order valence-electron chi connectivity index (χ0n) is 16.9. The number of halogens is 1. The highest BCUT2D eigenvalue weighted by molar-refractivity contribution is 7.89. The van der Waals surface area contributed by atoms with Crippen molar-refractivity contribution in [2.75, 3.05) is 25.1 Å². The fourth-order valence-corrected chi connectivity index (χ4v) is 5.02. The van der Waals surface area contributed by atoms with E-state index in [-0.39, 0.29) is 11.4 Å². The molecule has 1 N–H and O–H groups in total. The third kappa shape index (κ3) is 4.21. The standard InChI is InChI=1S/C21H23ClN4O3S/c1-14-5-8-18(29-2)19(11-14)30(27,28)23-13-20-24-17-7-6-15(22)12-16(17)21(25-20)26-9-3-4-10-26/h5-8,11-12,23H,3-4,9-10,13H2,1-2H3. The van der Waals surface area contributed by atoms with Crippen LogP contribution < -0.4 is 14.4 Å². The van der Waals surface area contributed by atoms with Gasteiger partial charge in [0, 0.05) is 23.5 Å². The van der Waals surface area contributed by atoms with Gasteiger partial charge in [0.05, 0.1) is 19.2 Å². The van der Waals surface area contributed by atoms with Crippen LogP contribution in [0.1, 0.15) is 24.2 Å². The Bertz CT molecular complexity index is 1190. The van der Waals surface area contributed by atoms with Gasteiger partial charge in [-0.2, -0.15) is 0 Å². The number of nitrogens with one attached hydrogen (secondary N) is 1. The second-order valence-electron chi connectivity index (χ2n) is 7.30. The van der Waals surface area contributed by atoms with Gasteiger partial charge < -0.3 is 9.64 Å². The number of anilines is 1. The van der Waals surface area contributed by atoms with Gasteiger partial charge >= 0.3 is 0 Å². The summed E-state index contributed by atoms with van der Waals surface area (Å²) in [5, 5.41) is 1.49. The fourth-order valence-electron chi connectivity index (χ4n) is 3.61. The summed E-state index contributed by atoms with van der Waals surface area (Å²) in [6.45, 7) is 3.62. The van der Waals surface area contributed by atoms with E-state index in [0.717, 1.165) is 48.2 Å². The van der Waals surface area contributed by atoms with Crippen LogP contribution >= 0.6 is 11.6 Å². The third-order valence-electron chi connectivity index (χ3n) is 5.12. The first kappa shape index (κ1) is 20.8. The second-order valence-corrected chi connectivity index (χ2v) is 9.47. The summed E-state index contributed by atoms with van der Waals surface area (Å²) in [7, 11) is -2.36. The molecule has 0 bridgehead atoms. The normalized spacial score (nSPS) is 14.4. The number of ether oxygens (including phenoxy) is 1. The average molecular weight is 447 g/mol. The Morgan fingerprint density at radius 1 is 1.13 bits per heavy atom. The number of aromatic nitrogens is 2. The van der Waals surface area contributed by atoms with Gasteiger partial charge in [0.1, 0.15) is 22.3 Å². The van der Waals surface area contributed by atoms with Crippen molar-refractivity contribution in [3.63, 3.8) is 0 Å². The highest BCUT2D eigenvalue weighted by atomic mass is 35.5. The lowest BCUT2D eigenvalue weighted by molar-refractivity contribution is 0.402. The lowest BCUT2D eigenvalue weighted by Crippen LogP contribution is -2.26. The molecular formula is C21H23ClN4O3S. The molecule has 3 aromatic rings. The van der Waals surface area contributed by atoms with Crippen molar-refractivity contribution in [2.24, 2.45) is 0 Å². The largest absolute Gasteiger partial charge is 0.495 e. The molecule has 7 nitrogen and oxygen atoms in total. The van der Waals surface area contributed by atoms with Gasteiger partial charge in [-0.05, 0) is 55.7 Å². The molecule has 1 saturated heterocycles. The van der Waals surface area contributed by atoms with E-state index in [4.69, 9.17) is 16.3 Å². The van der Waals surface area contributed by atoms with Crippen LogP contribution in [0, 0.1) is 6.92 Å². The van der Waals surface area contributed by atoms with Crippen LogP contribution in [0.2, 0.25) is 5.02 Å². The van der Waals surface area contributed by atoms with Crippen molar-refractivity contribution in [1.82, 2.24) is 14.7 Å². The SMILES string of the molecule is COc1ccc(C)cc1S(=O)(=O)NCc1nc(N2CCCC2)c2cc(Cl)ccc2n1. The van der Waals surface area contributed by atoms with Gasteiger partial charge in [-0.15, -0.1) is 0 Å². The van der Waals surface area contributed by atoms with Crippen LogP contribution in [0.4, 0.5) is 5.82 Å². The van der Waals surface area contributed by atoms with Crippen molar-refractivity contribution in [2.45, 2.75) is 31.2 Å². The molecule has 1 fully saturated rings. The molecule has 0 atom stereocenters. The summed E-state index contributed by atoms with van der Waals surface area (Å²) < 4.78 is 33.7. The highest BCUT2D eigenvalue weighted by Gasteiger charge is 2.22. The third-order valence-corrected chi connectivity index (χ3v) is 6.78. The molecule has 1 aliphatic heterocycles. The number of sulfonamides is 1. The molecule has 4 rings (SSSR count). The Kier molecular flexibility index (Phi) is 5.81. The maximum absolute atomic E-state index is 12.9. The van der Waals surface area contributed by atoms with E-state index >= 15 is 0 Å². The molecule has 9 heteroatoms. The second kappa shape index (κ2) is 8.37. The van der Waals surface area contributed by atoms with E-state index in [2.05, 4.69) is 19.6 Å². The minimum Gasteiger partial charge on any atom is -0.495 e. The summed E-state index contributed by atoms with van der Waals surface area (Å²) in [5.41, 5.74) is 1.56. The van der Waals surface area contributed by atoms with Crippen LogP contribution in [0.5, 0.6) is 5.75 Å². The van der Waals surface area contributed by atoms with Crippen LogP contribution in [0.3, 0.4) is 0 Å². The predicted octanol–water partition coefficient (Wildman–Crippen LogP) is 3.68. The smallest absolute Gasteiger partial charge is 0.244 e. The first-order chi connectivity index (χ1) is 14.4. The molecule has 2 heterocycles. The van der Waals surface area contributed by atoms with Gasteiger partial charge in [-0.25, -0.2) is 23.1 Å². The molecule has 0 radical (unpaired) electrons. The number of nitrogens with zero attached hydrogens (tertiary/aromatic N) is 3. The molecule has 1 aliphatic rings. The van der Waals surface area contributed by atoms with Crippen molar-refractivity contribution < 1.29 is 13.2 Å². The lowest BCUT2D eigenvalue weighted by atomic mass is 10.2. The van der Waals surface area contributed by atoms with Crippen molar-refractivity contribution in [1.29, 1.82) is 0 Å². The van der Waals surface area contributed by atoms with E-state index in [1.165, 1.54) is 7.11 Å². The van der Waals surface area contributed by atoms with Crippen LogP contribution in [0.25, 0.3) is 10.9 Å². The van der Waals surface area contributed by atoms with Gasteiger partial charge in [-0.3, -0.25) is 0 Å². The van der Waals surface area contributed by atoms with Crippen molar-refractivity contribution >= 4 is 38.3 Å². The maximum atomic E-state index is 12.9. The summed E-state index contributed by atoms with van der Waals surface area (Å²) in [4.78, 5) is 11.5. The number of benzene rings is 2. The molecule has 30 heavy (non-hydrogen) atoms. The average Bonchev–Trinajstić information content (AvgIpc) is 3.26. The number of hydrogen-bond donors (Lipinski definition) is 1. The maximum Gasteiger partial charge on any atom is 0.244 e. The zero-order valence-corrected chi connectivity index (χ0v) is 18.4. The summed E-state index contributed by atoms with van der Waals surface area (Å²) >= 11 is 6.19. The minimum absolute atomic E-state index is 0.0289. The van der Waals surface area contributed by atoms with Crippen LogP contribution in [-0.4, -0.2) is 38.6 Å². The monoisotopic (exact) mass is 446 g/mol. The van der Waals surface area contributed by atoms with E-state index in [1.54, 1.807) is 24.3 Å². The van der Waals surface area contributed by atoms with Gasteiger partial charge in [0.15, 0.2) is 0 Å². The number of methoxy groups -OCH3 is 1. The zero-order chi connectivity index (χ0) is 21.3. The van der Waals surface area contributed by atoms with Crippen molar-refractivity contribution in [3.8, 4) is 5.75 Å². The predicted molar refractivity (Wildman–Crippen MR) is 118 cm³/mol. The van der Waals surface area contributed by atoms with Gasteiger partial charge in [0.25, 0.3) is 0 Å². The molecule has 0 saturated carbocycles. The topological polar surface area (TPSA) is 84.4 Å². The Morgan fingerprint density at radius 3 is 2.63 bits per heavy atom. The molecule has 0 aliphatic carbocycles. The number of hydrogen-bond acceptors (Lipinski definition) is 6. The number of fused-ring (bicyclic) bond motifs is 1. The Labute approximate surface area is 181 Å². The van der Waals surface area contributed by atoms with Gasteiger partial charge in [-0.1, -0.05) is 17.7 Å². The van der Waals surface area contributed by atoms with E-state index in [1.807, 2.05) is 19.1 Å². The Hall–Kier alpha value is -2.42. The molecule has 2 aromatic carbocycles. The molecule has 0 amide bonds. The van der Waals surface area contributed by atoms with E-state index in [9.17, 15) is 8.42 Å². The first-order valence-electron chi connectivity index (χ1n) is 9.73. The molecule has 0 spiro atoms. The van der Waals surface area contributed by atoms with Crippen LogP contribution in [-0.2, 0) is 16.6 Å².